The van der Waals surface area contributed by atoms with E-state index in [4.69, 9.17) is 5.11 Å². The van der Waals surface area contributed by atoms with Gasteiger partial charge in [0.15, 0.2) is 0 Å². The van der Waals surface area contributed by atoms with Gasteiger partial charge in [-0.25, -0.2) is 0 Å². The highest BCUT2D eigenvalue weighted by molar-refractivity contribution is 5.97. The van der Waals surface area contributed by atoms with Gasteiger partial charge in [0.25, 0.3) is 5.91 Å². The predicted octanol–water partition coefficient (Wildman–Crippen LogP) is 5.54. The molecule has 182 valence electrons. The maximum Gasteiger partial charge on any atom is 0.322 e. The van der Waals surface area contributed by atoms with Crippen LogP contribution in [0.5, 0.6) is 0 Å². The summed E-state index contributed by atoms with van der Waals surface area (Å²) in [5.41, 5.74) is 5.12. The van der Waals surface area contributed by atoms with Crippen LogP contribution < -0.4 is 5.32 Å². The van der Waals surface area contributed by atoms with Crippen LogP contribution >= 0.6 is 0 Å². The van der Waals surface area contributed by atoms with Crippen molar-refractivity contribution in [1.82, 2.24) is 5.32 Å². The van der Waals surface area contributed by atoms with Crippen molar-refractivity contribution in [3.63, 3.8) is 0 Å². The first-order valence-electron chi connectivity index (χ1n) is 12.3. The normalized spacial score (nSPS) is 15.6. The van der Waals surface area contributed by atoms with E-state index in [0.29, 0.717) is 5.56 Å². The van der Waals surface area contributed by atoms with Gasteiger partial charge in [0, 0.05) is 11.0 Å². The predicted molar refractivity (Wildman–Crippen MR) is 136 cm³/mol. The first kappa shape index (κ1) is 25.7. The third-order valence-corrected chi connectivity index (χ3v) is 7.50. The van der Waals surface area contributed by atoms with Crippen LogP contribution in [0, 0.1) is 13.8 Å². The standard InChI is InChI=1S/C29H37NO4/c1-5-29(6-2,24-11-12-25(21(4)18-24)27(33)30-19-26(31)32)23-10-9-22(20(3)17-23)13-16-28(34)14-7-8-15-28/h9-13,16-18,34H,5-8,14-15,19H2,1-4H3,(H,30,33)(H,31,32)/b16-13+. The van der Waals surface area contributed by atoms with Crippen molar-refractivity contribution < 1.29 is 19.8 Å². The molecule has 0 bridgehead atoms. The molecule has 5 heteroatoms. The summed E-state index contributed by atoms with van der Waals surface area (Å²) in [6.45, 7) is 7.97. The monoisotopic (exact) mass is 463 g/mol. The largest absolute Gasteiger partial charge is 0.480 e. The molecule has 1 amide bonds. The Hall–Kier alpha value is -2.92. The number of aliphatic hydroxyl groups is 1. The number of rotatable bonds is 9. The molecule has 1 saturated carbocycles. The molecule has 0 saturated heterocycles. The number of hydrogen-bond donors (Lipinski definition) is 3. The summed E-state index contributed by atoms with van der Waals surface area (Å²) in [5, 5.41) is 21.9. The minimum absolute atomic E-state index is 0.197. The minimum atomic E-state index is -1.07. The maximum absolute atomic E-state index is 12.4. The second-order valence-electron chi connectivity index (χ2n) is 9.61. The Kier molecular flexibility index (Phi) is 7.98. The fraction of sp³-hybridized carbons (Fsp3) is 0.448. The Bertz CT molecular complexity index is 1080. The van der Waals surface area contributed by atoms with Crippen LogP contribution in [0.3, 0.4) is 0 Å². The van der Waals surface area contributed by atoms with Crippen LogP contribution in [-0.2, 0) is 10.2 Å². The van der Waals surface area contributed by atoms with E-state index in [2.05, 4.69) is 56.4 Å². The molecule has 0 unspecified atom stereocenters. The Morgan fingerprint density at radius 2 is 1.59 bits per heavy atom. The molecule has 1 fully saturated rings. The third kappa shape index (κ3) is 5.41. The topological polar surface area (TPSA) is 86.6 Å². The number of benzene rings is 2. The lowest BCUT2D eigenvalue weighted by atomic mass is 9.69. The Balaban J connectivity index is 1.92. The first-order valence-corrected chi connectivity index (χ1v) is 12.3. The number of carboxylic acid groups (broad SMARTS) is 1. The molecule has 3 rings (SSSR count). The summed E-state index contributed by atoms with van der Waals surface area (Å²) in [6.07, 6.45) is 9.65. The fourth-order valence-corrected chi connectivity index (χ4v) is 5.26. The van der Waals surface area contributed by atoms with E-state index in [0.717, 1.165) is 55.2 Å². The van der Waals surface area contributed by atoms with Gasteiger partial charge < -0.3 is 15.5 Å². The number of carboxylic acids is 1. The van der Waals surface area contributed by atoms with E-state index in [-0.39, 0.29) is 11.3 Å². The Morgan fingerprint density at radius 1 is 1.00 bits per heavy atom. The van der Waals surface area contributed by atoms with Crippen LogP contribution in [0.25, 0.3) is 6.08 Å². The number of hydrogen-bond acceptors (Lipinski definition) is 3. The molecule has 0 atom stereocenters. The van der Waals surface area contributed by atoms with Gasteiger partial charge in [-0.15, -0.1) is 0 Å². The highest BCUT2D eigenvalue weighted by atomic mass is 16.4. The summed E-state index contributed by atoms with van der Waals surface area (Å²) in [4.78, 5) is 23.2. The molecule has 0 heterocycles. The van der Waals surface area contributed by atoms with Crippen molar-refractivity contribution >= 4 is 18.0 Å². The second kappa shape index (κ2) is 10.6. The van der Waals surface area contributed by atoms with Crippen molar-refractivity contribution in [1.29, 1.82) is 0 Å². The van der Waals surface area contributed by atoms with Gasteiger partial charge in [-0.05, 0) is 73.4 Å². The molecule has 2 aromatic rings. The van der Waals surface area contributed by atoms with Crippen molar-refractivity contribution in [2.45, 2.75) is 77.2 Å². The van der Waals surface area contributed by atoms with Crippen LogP contribution in [0.15, 0.2) is 42.5 Å². The van der Waals surface area contributed by atoms with Crippen LogP contribution in [0.2, 0.25) is 0 Å². The maximum atomic E-state index is 12.4. The summed E-state index contributed by atoms with van der Waals surface area (Å²) in [7, 11) is 0. The van der Waals surface area contributed by atoms with E-state index in [1.54, 1.807) is 6.07 Å². The molecule has 1 aliphatic rings. The zero-order chi connectivity index (χ0) is 24.9. The lowest BCUT2D eigenvalue weighted by molar-refractivity contribution is -0.135. The number of carbonyl (C=O) groups excluding carboxylic acids is 1. The Morgan fingerprint density at radius 3 is 2.12 bits per heavy atom. The van der Waals surface area contributed by atoms with Crippen molar-refractivity contribution in [2.75, 3.05) is 6.54 Å². The molecule has 0 aromatic heterocycles. The van der Waals surface area contributed by atoms with Crippen molar-refractivity contribution in [3.05, 3.63) is 75.9 Å². The summed E-state index contributed by atoms with van der Waals surface area (Å²) in [6, 6.07) is 12.4. The average molecular weight is 464 g/mol. The van der Waals surface area contributed by atoms with Gasteiger partial charge in [-0.2, -0.15) is 0 Å². The summed E-state index contributed by atoms with van der Waals surface area (Å²) in [5.74, 6) is -1.44. The number of carbonyl (C=O) groups is 2. The molecule has 0 radical (unpaired) electrons. The number of amides is 1. The molecule has 2 aromatic carbocycles. The van der Waals surface area contributed by atoms with E-state index >= 15 is 0 Å². The molecule has 5 nitrogen and oxygen atoms in total. The van der Waals surface area contributed by atoms with Crippen LogP contribution in [-0.4, -0.2) is 34.2 Å². The third-order valence-electron chi connectivity index (χ3n) is 7.50. The summed E-state index contributed by atoms with van der Waals surface area (Å²) >= 11 is 0. The first-order chi connectivity index (χ1) is 16.1. The SMILES string of the molecule is CCC(CC)(c1ccc(/C=C/C2(O)CCCC2)c(C)c1)c1ccc(C(=O)NCC(=O)O)c(C)c1. The fourth-order valence-electron chi connectivity index (χ4n) is 5.26. The van der Waals surface area contributed by atoms with Gasteiger partial charge in [-0.1, -0.05) is 69.2 Å². The molecule has 34 heavy (non-hydrogen) atoms. The zero-order valence-corrected chi connectivity index (χ0v) is 20.8. The molecule has 3 N–H and O–H groups in total. The van der Waals surface area contributed by atoms with Crippen molar-refractivity contribution in [2.24, 2.45) is 0 Å². The number of aliphatic carboxylic acids is 1. The number of aryl methyl sites for hydroxylation is 2. The van der Waals surface area contributed by atoms with E-state index in [1.807, 2.05) is 19.1 Å². The molecule has 1 aliphatic carbocycles. The lowest BCUT2D eigenvalue weighted by Gasteiger charge is -2.34. The van der Waals surface area contributed by atoms with E-state index < -0.39 is 18.1 Å². The quantitative estimate of drug-likeness (QED) is 0.456. The van der Waals surface area contributed by atoms with Gasteiger partial charge in [-0.3, -0.25) is 9.59 Å². The Labute approximate surface area is 202 Å². The van der Waals surface area contributed by atoms with E-state index in [9.17, 15) is 14.7 Å². The smallest absolute Gasteiger partial charge is 0.322 e. The zero-order valence-electron chi connectivity index (χ0n) is 20.8. The average Bonchev–Trinajstić information content (AvgIpc) is 3.25. The highest BCUT2D eigenvalue weighted by Gasteiger charge is 2.32. The van der Waals surface area contributed by atoms with E-state index in [1.165, 1.54) is 11.1 Å². The summed E-state index contributed by atoms with van der Waals surface area (Å²) < 4.78 is 0. The molecular weight excluding hydrogens is 426 g/mol. The lowest BCUT2D eigenvalue weighted by Crippen LogP contribution is -2.30. The second-order valence-corrected chi connectivity index (χ2v) is 9.61. The molecule has 0 spiro atoms. The van der Waals surface area contributed by atoms with Crippen LogP contribution in [0.4, 0.5) is 0 Å². The molecular formula is C29H37NO4. The van der Waals surface area contributed by atoms with Gasteiger partial charge >= 0.3 is 5.97 Å². The van der Waals surface area contributed by atoms with Gasteiger partial charge in [0.05, 0.1) is 5.60 Å². The van der Waals surface area contributed by atoms with Gasteiger partial charge in [0.1, 0.15) is 6.54 Å². The van der Waals surface area contributed by atoms with Crippen LogP contribution in [0.1, 0.15) is 90.5 Å². The minimum Gasteiger partial charge on any atom is -0.480 e. The highest BCUT2D eigenvalue weighted by Crippen LogP contribution is 2.40. The van der Waals surface area contributed by atoms with Gasteiger partial charge in [0.2, 0.25) is 0 Å². The number of nitrogens with one attached hydrogen (secondary N) is 1. The molecule has 0 aliphatic heterocycles. The van der Waals surface area contributed by atoms with Crippen molar-refractivity contribution in [3.8, 4) is 0 Å².